The van der Waals surface area contributed by atoms with Crippen LogP contribution in [0.5, 0.6) is 0 Å². The Labute approximate surface area is 63.3 Å². The molecule has 0 aromatic carbocycles. The fraction of sp³-hybridized carbons (Fsp3) is 0.200. The van der Waals surface area contributed by atoms with Crippen molar-refractivity contribution in [3.63, 3.8) is 0 Å². The lowest BCUT2D eigenvalue weighted by molar-refractivity contribution is 1.56. The molecular weight excluding hydrogens is 120 g/mol. The van der Waals surface area contributed by atoms with Crippen LogP contribution in [-0.2, 0) is 0 Å². The highest BCUT2D eigenvalue weighted by Gasteiger charge is 1.67. The van der Waals surface area contributed by atoms with Gasteiger partial charge in [-0.1, -0.05) is 48.6 Å². The standard InChI is InChI=1S/C10H14/c1-4-5-6-7-8-9-10(2)3/h4-9H,2H2,1,3H3/b5-4+,7-6+,9-8+. The summed E-state index contributed by atoms with van der Waals surface area (Å²) in [4.78, 5) is 0. The van der Waals surface area contributed by atoms with Crippen LogP contribution >= 0.6 is 0 Å². The summed E-state index contributed by atoms with van der Waals surface area (Å²) in [5.41, 5.74) is 1.07. The molecule has 0 amide bonds. The third-order valence-corrected chi connectivity index (χ3v) is 0.907. The molecule has 0 unspecified atom stereocenters. The fourth-order valence-electron chi connectivity index (χ4n) is 0.459. The van der Waals surface area contributed by atoms with Gasteiger partial charge in [-0.25, -0.2) is 0 Å². The van der Waals surface area contributed by atoms with Gasteiger partial charge in [-0.3, -0.25) is 0 Å². The molecule has 10 heavy (non-hydrogen) atoms. The van der Waals surface area contributed by atoms with Crippen LogP contribution in [0.4, 0.5) is 0 Å². The Bertz CT molecular complexity index is 168. The monoisotopic (exact) mass is 134 g/mol. The molecule has 0 fully saturated rings. The lowest BCUT2D eigenvalue weighted by Crippen LogP contribution is -1.57. The molecule has 0 heterocycles. The molecule has 0 heteroatoms. The quantitative estimate of drug-likeness (QED) is 0.520. The Morgan fingerprint density at radius 2 is 1.70 bits per heavy atom. The van der Waals surface area contributed by atoms with Gasteiger partial charge in [-0.2, -0.15) is 0 Å². The van der Waals surface area contributed by atoms with Crippen LogP contribution in [0, 0.1) is 0 Å². The minimum Gasteiger partial charge on any atom is -0.0961 e. The molecule has 0 saturated heterocycles. The van der Waals surface area contributed by atoms with Crippen molar-refractivity contribution in [3.8, 4) is 0 Å². The zero-order valence-corrected chi connectivity index (χ0v) is 6.67. The second kappa shape index (κ2) is 6.09. The Balaban J connectivity index is 3.62. The van der Waals surface area contributed by atoms with E-state index in [9.17, 15) is 0 Å². The van der Waals surface area contributed by atoms with E-state index in [2.05, 4.69) is 6.58 Å². The van der Waals surface area contributed by atoms with Crippen LogP contribution in [0.25, 0.3) is 0 Å². The molecule has 0 aromatic rings. The molecule has 0 bridgehead atoms. The number of allylic oxidation sites excluding steroid dienone is 7. The first-order valence-corrected chi connectivity index (χ1v) is 3.39. The summed E-state index contributed by atoms with van der Waals surface area (Å²) in [6.45, 7) is 7.70. The van der Waals surface area contributed by atoms with Crippen molar-refractivity contribution >= 4 is 0 Å². The van der Waals surface area contributed by atoms with Gasteiger partial charge in [0, 0.05) is 0 Å². The Morgan fingerprint density at radius 1 is 1.10 bits per heavy atom. The highest BCUT2D eigenvalue weighted by molar-refractivity contribution is 5.18. The molecule has 0 spiro atoms. The molecule has 0 aliphatic heterocycles. The molecule has 0 rings (SSSR count). The molecule has 54 valence electrons. The van der Waals surface area contributed by atoms with Gasteiger partial charge in [-0.15, -0.1) is 0 Å². The third kappa shape index (κ3) is 6.96. The van der Waals surface area contributed by atoms with E-state index in [1.54, 1.807) is 0 Å². The largest absolute Gasteiger partial charge is 0.0961 e. The molecule has 0 atom stereocenters. The second-order valence-electron chi connectivity index (χ2n) is 2.12. The van der Waals surface area contributed by atoms with E-state index in [-0.39, 0.29) is 0 Å². The van der Waals surface area contributed by atoms with Crippen molar-refractivity contribution < 1.29 is 0 Å². The van der Waals surface area contributed by atoms with Crippen molar-refractivity contribution in [1.29, 1.82) is 0 Å². The van der Waals surface area contributed by atoms with Crippen LogP contribution in [0.2, 0.25) is 0 Å². The fourth-order valence-corrected chi connectivity index (χ4v) is 0.459. The molecule has 0 aliphatic rings. The lowest BCUT2D eigenvalue weighted by atomic mass is 10.3. The average Bonchev–Trinajstić information content (AvgIpc) is 1.87. The van der Waals surface area contributed by atoms with Crippen molar-refractivity contribution in [2.45, 2.75) is 13.8 Å². The van der Waals surface area contributed by atoms with Gasteiger partial charge >= 0.3 is 0 Å². The van der Waals surface area contributed by atoms with Crippen LogP contribution in [0.1, 0.15) is 13.8 Å². The smallest absolute Gasteiger partial charge is 0.0404 e. The summed E-state index contributed by atoms with van der Waals surface area (Å²) in [5.74, 6) is 0. The molecule has 0 aromatic heterocycles. The van der Waals surface area contributed by atoms with E-state index >= 15 is 0 Å². The summed E-state index contributed by atoms with van der Waals surface area (Å²) < 4.78 is 0. The number of hydrogen-bond acceptors (Lipinski definition) is 0. The Morgan fingerprint density at radius 3 is 2.20 bits per heavy atom. The topological polar surface area (TPSA) is 0 Å². The average molecular weight is 134 g/mol. The van der Waals surface area contributed by atoms with Gasteiger partial charge in [0.15, 0.2) is 0 Å². The van der Waals surface area contributed by atoms with Gasteiger partial charge in [0.2, 0.25) is 0 Å². The first kappa shape index (κ1) is 8.96. The summed E-state index contributed by atoms with van der Waals surface area (Å²) in [6, 6.07) is 0. The Hall–Kier alpha value is -1.04. The summed E-state index contributed by atoms with van der Waals surface area (Å²) in [5, 5.41) is 0. The van der Waals surface area contributed by atoms with Gasteiger partial charge in [0.25, 0.3) is 0 Å². The second-order valence-corrected chi connectivity index (χ2v) is 2.12. The third-order valence-electron chi connectivity index (χ3n) is 0.907. The molecule has 0 nitrogen and oxygen atoms in total. The number of rotatable bonds is 3. The summed E-state index contributed by atoms with van der Waals surface area (Å²) in [7, 11) is 0. The highest BCUT2D eigenvalue weighted by atomic mass is 13.7. The molecule has 0 saturated carbocycles. The lowest BCUT2D eigenvalue weighted by Gasteiger charge is -1.79. The van der Waals surface area contributed by atoms with E-state index in [1.165, 1.54) is 0 Å². The Kier molecular flexibility index (Phi) is 5.45. The summed E-state index contributed by atoms with van der Waals surface area (Å²) >= 11 is 0. The van der Waals surface area contributed by atoms with E-state index in [4.69, 9.17) is 0 Å². The molecule has 0 aliphatic carbocycles. The molecule has 0 N–H and O–H groups in total. The van der Waals surface area contributed by atoms with Crippen LogP contribution in [0.15, 0.2) is 48.6 Å². The first-order chi connectivity index (χ1) is 4.77. The van der Waals surface area contributed by atoms with E-state index in [1.807, 2.05) is 50.3 Å². The normalized spacial score (nSPS) is 12.2. The maximum Gasteiger partial charge on any atom is -0.0404 e. The van der Waals surface area contributed by atoms with Crippen molar-refractivity contribution in [2.75, 3.05) is 0 Å². The minimum absolute atomic E-state index is 1.07. The maximum absolute atomic E-state index is 3.73. The number of hydrogen-bond donors (Lipinski definition) is 0. The zero-order chi connectivity index (χ0) is 7.82. The van der Waals surface area contributed by atoms with Crippen molar-refractivity contribution in [3.05, 3.63) is 48.6 Å². The van der Waals surface area contributed by atoms with E-state index in [0.29, 0.717) is 0 Å². The van der Waals surface area contributed by atoms with Crippen LogP contribution in [-0.4, -0.2) is 0 Å². The SMILES string of the molecule is C=C(C)/C=C/C=C/C=C/C. The summed E-state index contributed by atoms with van der Waals surface area (Å²) in [6.07, 6.45) is 11.9. The molecule has 0 radical (unpaired) electrons. The van der Waals surface area contributed by atoms with Gasteiger partial charge in [0.05, 0.1) is 0 Å². The van der Waals surface area contributed by atoms with E-state index < -0.39 is 0 Å². The predicted molar refractivity (Wildman–Crippen MR) is 47.9 cm³/mol. The molecular formula is C10H14. The first-order valence-electron chi connectivity index (χ1n) is 3.39. The van der Waals surface area contributed by atoms with Gasteiger partial charge in [-0.05, 0) is 13.8 Å². The van der Waals surface area contributed by atoms with E-state index in [0.717, 1.165) is 5.57 Å². The predicted octanol–water partition coefficient (Wildman–Crippen LogP) is 3.25. The zero-order valence-electron chi connectivity index (χ0n) is 6.67. The highest BCUT2D eigenvalue weighted by Crippen LogP contribution is 1.89. The van der Waals surface area contributed by atoms with Gasteiger partial charge < -0.3 is 0 Å². The van der Waals surface area contributed by atoms with Crippen molar-refractivity contribution in [2.24, 2.45) is 0 Å². The van der Waals surface area contributed by atoms with Crippen molar-refractivity contribution in [1.82, 2.24) is 0 Å². The van der Waals surface area contributed by atoms with Crippen LogP contribution in [0.3, 0.4) is 0 Å². The minimum atomic E-state index is 1.07. The maximum atomic E-state index is 3.73. The van der Waals surface area contributed by atoms with Crippen LogP contribution < -0.4 is 0 Å². The van der Waals surface area contributed by atoms with Gasteiger partial charge in [0.1, 0.15) is 0 Å².